The van der Waals surface area contributed by atoms with Crippen molar-refractivity contribution in [2.75, 3.05) is 0 Å². The SMILES string of the molecule is CC(C)C(NC(=O)c1cc2ccccc2s1)c1cccc(C(=O)NO)c1. The van der Waals surface area contributed by atoms with Gasteiger partial charge in [0.05, 0.1) is 10.9 Å². The fourth-order valence-electron chi connectivity index (χ4n) is 2.88. The van der Waals surface area contributed by atoms with Gasteiger partial charge in [-0.05, 0) is 41.1 Å². The number of thiophene rings is 1. The van der Waals surface area contributed by atoms with E-state index in [1.807, 2.05) is 50.2 Å². The highest BCUT2D eigenvalue weighted by atomic mass is 32.1. The maximum Gasteiger partial charge on any atom is 0.274 e. The van der Waals surface area contributed by atoms with Crippen LogP contribution in [0.3, 0.4) is 0 Å². The molecule has 134 valence electrons. The van der Waals surface area contributed by atoms with Gasteiger partial charge < -0.3 is 5.32 Å². The number of amides is 2. The maximum atomic E-state index is 12.8. The molecule has 26 heavy (non-hydrogen) atoms. The van der Waals surface area contributed by atoms with E-state index in [0.717, 1.165) is 15.6 Å². The molecule has 0 aliphatic heterocycles. The van der Waals surface area contributed by atoms with Crippen LogP contribution in [-0.4, -0.2) is 17.0 Å². The minimum Gasteiger partial charge on any atom is -0.344 e. The number of benzene rings is 2. The second-order valence-corrected chi connectivity index (χ2v) is 7.49. The average Bonchev–Trinajstić information content (AvgIpc) is 3.09. The largest absolute Gasteiger partial charge is 0.344 e. The van der Waals surface area contributed by atoms with Gasteiger partial charge in [-0.25, -0.2) is 5.48 Å². The fourth-order valence-corrected chi connectivity index (χ4v) is 3.84. The number of nitrogens with one attached hydrogen (secondary N) is 2. The molecule has 2 aromatic carbocycles. The van der Waals surface area contributed by atoms with Crippen molar-refractivity contribution in [2.24, 2.45) is 5.92 Å². The van der Waals surface area contributed by atoms with Crippen molar-refractivity contribution in [1.82, 2.24) is 10.8 Å². The highest BCUT2D eigenvalue weighted by molar-refractivity contribution is 7.20. The molecule has 3 N–H and O–H groups in total. The Hall–Kier alpha value is -2.70. The van der Waals surface area contributed by atoms with Crippen LogP contribution in [0.5, 0.6) is 0 Å². The van der Waals surface area contributed by atoms with Crippen LogP contribution in [-0.2, 0) is 0 Å². The van der Waals surface area contributed by atoms with E-state index in [4.69, 9.17) is 5.21 Å². The molecule has 6 heteroatoms. The molecule has 1 heterocycles. The Balaban J connectivity index is 1.86. The Morgan fingerprint density at radius 1 is 1.00 bits per heavy atom. The van der Waals surface area contributed by atoms with Crippen molar-refractivity contribution in [2.45, 2.75) is 19.9 Å². The summed E-state index contributed by atoms with van der Waals surface area (Å²) in [4.78, 5) is 25.1. The van der Waals surface area contributed by atoms with Crippen LogP contribution >= 0.6 is 11.3 Å². The number of rotatable bonds is 5. The molecule has 0 spiro atoms. The van der Waals surface area contributed by atoms with Gasteiger partial charge in [0.1, 0.15) is 0 Å². The van der Waals surface area contributed by atoms with Crippen LogP contribution in [0.1, 0.15) is 45.5 Å². The summed E-state index contributed by atoms with van der Waals surface area (Å²) in [5.41, 5.74) is 2.79. The molecule has 0 radical (unpaired) electrons. The average molecular weight is 368 g/mol. The molecule has 0 saturated heterocycles. The van der Waals surface area contributed by atoms with Gasteiger partial charge in [-0.15, -0.1) is 11.3 Å². The topological polar surface area (TPSA) is 78.4 Å². The normalized spacial score (nSPS) is 12.2. The number of hydrogen-bond donors (Lipinski definition) is 3. The lowest BCUT2D eigenvalue weighted by atomic mass is 9.94. The van der Waals surface area contributed by atoms with Gasteiger partial charge in [-0.2, -0.15) is 0 Å². The molecule has 3 aromatic rings. The summed E-state index contributed by atoms with van der Waals surface area (Å²) in [5, 5.41) is 12.9. The minimum atomic E-state index is -0.579. The molecule has 3 rings (SSSR count). The van der Waals surface area contributed by atoms with E-state index in [2.05, 4.69) is 5.32 Å². The van der Waals surface area contributed by atoms with Crippen molar-refractivity contribution >= 4 is 33.2 Å². The van der Waals surface area contributed by atoms with E-state index in [1.165, 1.54) is 11.3 Å². The van der Waals surface area contributed by atoms with E-state index in [1.54, 1.807) is 23.7 Å². The molecule has 2 amide bonds. The Bertz CT molecular complexity index is 916. The highest BCUT2D eigenvalue weighted by Gasteiger charge is 2.21. The number of hydrogen-bond acceptors (Lipinski definition) is 4. The van der Waals surface area contributed by atoms with Gasteiger partial charge in [0.25, 0.3) is 11.8 Å². The lowest BCUT2D eigenvalue weighted by Crippen LogP contribution is -2.31. The van der Waals surface area contributed by atoms with Gasteiger partial charge in [-0.1, -0.05) is 44.2 Å². The van der Waals surface area contributed by atoms with Gasteiger partial charge in [0.15, 0.2) is 0 Å². The smallest absolute Gasteiger partial charge is 0.274 e. The second kappa shape index (κ2) is 7.68. The number of carbonyl (C=O) groups is 2. The third-order valence-electron chi connectivity index (χ3n) is 4.21. The molecule has 5 nitrogen and oxygen atoms in total. The van der Waals surface area contributed by atoms with Crippen molar-refractivity contribution in [1.29, 1.82) is 0 Å². The third kappa shape index (κ3) is 3.76. The number of hydroxylamine groups is 1. The van der Waals surface area contributed by atoms with E-state index >= 15 is 0 Å². The van der Waals surface area contributed by atoms with E-state index in [-0.39, 0.29) is 17.9 Å². The molecule has 0 aliphatic rings. The molecule has 1 aromatic heterocycles. The summed E-state index contributed by atoms with van der Waals surface area (Å²) in [7, 11) is 0. The van der Waals surface area contributed by atoms with Crippen LogP contribution in [0.25, 0.3) is 10.1 Å². The molecule has 0 bridgehead atoms. The Morgan fingerprint density at radius 3 is 2.46 bits per heavy atom. The summed E-state index contributed by atoms with van der Waals surface area (Å²) < 4.78 is 1.07. The molecule has 1 unspecified atom stereocenters. The Morgan fingerprint density at radius 2 is 1.77 bits per heavy atom. The molecule has 1 atom stereocenters. The summed E-state index contributed by atoms with van der Waals surface area (Å²) in [6.45, 7) is 4.02. The van der Waals surface area contributed by atoms with Crippen LogP contribution in [0, 0.1) is 5.92 Å². The lowest BCUT2D eigenvalue weighted by Gasteiger charge is -2.23. The molecule has 0 aliphatic carbocycles. The first-order valence-corrected chi connectivity index (χ1v) is 9.15. The highest BCUT2D eigenvalue weighted by Crippen LogP contribution is 2.27. The van der Waals surface area contributed by atoms with E-state index in [9.17, 15) is 9.59 Å². The predicted octanol–water partition coefficient (Wildman–Crippen LogP) is 4.15. The van der Waals surface area contributed by atoms with Crippen LogP contribution in [0.15, 0.2) is 54.6 Å². The number of carbonyl (C=O) groups excluding carboxylic acids is 2. The van der Waals surface area contributed by atoms with Gasteiger partial charge in [0, 0.05) is 10.3 Å². The zero-order valence-electron chi connectivity index (χ0n) is 14.5. The lowest BCUT2D eigenvalue weighted by molar-refractivity contribution is 0.0706. The minimum absolute atomic E-state index is 0.126. The molecule has 0 fully saturated rings. The van der Waals surface area contributed by atoms with Gasteiger partial charge in [-0.3, -0.25) is 14.8 Å². The van der Waals surface area contributed by atoms with Gasteiger partial charge in [0.2, 0.25) is 0 Å². The van der Waals surface area contributed by atoms with Crippen LogP contribution in [0.2, 0.25) is 0 Å². The standard InChI is InChI=1S/C20H20N2O3S/c1-12(2)18(14-7-5-8-15(10-14)19(23)22-25)21-20(24)17-11-13-6-3-4-9-16(13)26-17/h3-12,18,25H,1-2H3,(H,21,24)(H,22,23). The van der Waals surface area contributed by atoms with Crippen molar-refractivity contribution in [3.05, 3.63) is 70.6 Å². The first-order chi connectivity index (χ1) is 12.5. The predicted molar refractivity (Wildman–Crippen MR) is 103 cm³/mol. The van der Waals surface area contributed by atoms with Crippen LogP contribution < -0.4 is 10.8 Å². The van der Waals surface area contributed by atoms with E-state index in [0.29, 0.717) is 10.4 Å². The zero-order chi connectivity index (χ0) is 18.7. The fraction of sp³-hybridized carbons (Fsp3) is 0.200. The molecular formula is C20H20N2O3S. The summed E-state index contributed by atoms with van der Waals surface area (Å²) in [6, 6.07) is 16.4. The Kier molecular flexibility index (Phi) is 5.35. The zero-order valence-corrected chi connectivity index (χ0v) is 15.3. The summed E-state index contributed by atoms with van der Waals surface area (Å²) >= 11 is 1.46. The van der Waals surface area contributed by atoms with Crippen molar-refractivity contribution in [3.8, 4) is 0 Å². The maximum absolute atomic E-state index is 12.8. The summed E-state index contributed by atoms with van der Waals surface area (Å²) in [5.74, 6) is -0.590. The first kappa shape index (κ1) is 18.1. The van der Waals surface area contributed by atoms with Crippen molar-refractivity contribution < 1.29 is 14.8 Å². The number of fused-ring (bicyclic) bond motifs is 1. The quantitative estimate of drug-likeness (QED) is 0.468. The first-order valence-electron chi connectivity index (χ1n) is 8.33. The van der Waals surface area contributed by atoms with Crippen LogP contribution in [0.4, 0.5) is 0 Å². The monoisotopic (exact) mass is 368 g/mol. The molecular weight excluding hydrogens is 348 g/mol. The van der Waals surface area contributed by atoms with E-state index < -0.39 is 5.91 Å². The van der Waals surface area contributed by atoms with Crippen molar-refractivity contribution in [3.63, 3.8) is 0 Å². The second-order valence-electron chi connectivity index (χ2n) is 6.41. The summed E-state index contributed by atoms with van der Waals surface area (Å²) in [6.07, 6.45) is 0. The van der Waals surface area contributed by atoms with Gasteiger partial charge >= 0.3 is 0 Å². The third-order valence-corrected chi connectivity index (χ3v) is 5.33. The Labute approximate surface area is 155 Å². The molecule has 0 saturated carbocycles.